The summed E-state index contributed by atoms with van der Waals surface area (Å²) in [6.45, 7) is 0.147. The van der Waals surface area contributed by atoms with Crippen LogP contribution in [0.1, 0.15) is 32.6 Å². The third-order valence-corrected chi connectivity index (χ3v) is 4.31. The second-order valence-electron chi connectivity index (χ2n) is 6.16. The molecule has 0 aromatic heterocycles. The highest BCUT2D eigenvalue weighted by molar-refractivity contribution is 5.98. The van der Waals surface area contributed by atoms with Crippen molar-refractivity contribution >= 4 is 29.9 Å². The fourth-order valence-corrected chi connectivity index (χ4v) is 2.94. The first-order chi connectivity index (χ1) is 12.4. The van der Waals surface area contributed by atoms with Crippen LogP contribution in [0.2, 0.25) is 0 Å². The van der Waals surface area contributed by atoms with Gasteiger partial charge in [0.2, 0.25) is 0 Å². The summed E-state index contributed by atoms with van der Waals surface area (Å²) in [5.41, 5.74) is 9.58. The van der Waals surface area contributed by atoms with Crippen molar-refractivity contribution in [2.45, 2.75) is 6.42 Å². The quantitative estimate of drug-likeness (QED) is 0.437. The van der Waals surface area contributed by atoms with E-state index in [-0.39, 0.29) is 18.3 Å². The number of rotatable bonds is 5. The van der Waals surface area contributed by atoms with Crippen LogP contribution in [0.5, 0.6) is 0 Å². The van der Waals surface area contributed by atoms with Gasteiger partial charge in [-0.15, -0.1) is 0 Å². The van der Waals surface area contributed by atoms with Gasteiger partial charge in [-0.05, 0) is 29.2 Å². The van der Waals surface area contributed by atoms with Crippen molar-refractivity contribution in [2.24, 2.45) is 5.73 Å². The van der Waals surface area contributed by atoms with Crippen molar-refractivity contribution in [1.82, 2.24) is 4.90 Å². The van der Waals surface area contributed by atoms with Crippen LogP contribution in [-0.4, -0.2) is 40.8 Å². The van der Waals surface area contributed by atoms with Gasteiger partial charge in [0, 0.05) is 17.7 Å². The molecule has 3 rings (SSSR count). The van der Waals surface area contributed by atoms with Gasteiger partial charge >= 0.3 is 5.97 Å². The molecule has 0 saturated carbocycles. The lowest BCUT2D eigenvalue weighted by molar-refractivity contribution is -0.137. The lowest BCUT2D eigenvalue weighted by Crippen LogP contribution is -2.40. The van der Waals surface area contributed by atoms with Gasteiger partial charge in [0.25, 0.3) is 5.91 Å². The van der Waals surface area contributed by atoms with E-state index < -0.39 is 5.97 Å². The van der Waals surface area contributed by atoms with Crippen molar-refractivity contribution in [3.8, 4) is 0 Å². The van der Waals surface area contributed by atoms with Crippen molar-refractivity contribution in [3.05, 3.63) is 70.3 Å². The van der Waals surface area contributed by atoms with Crippen LogP contribution in [0.15, 0.2) is 42.5 Å². The molecule has 1 aliphatic heterocycles. The maximum atomic E-state index is 12.3. The molecule has 0 bridgehead atoms. The van der Waals surface area contributed by atoms with E-state index in [1.807, 2.05) is 36.4 Å². The average Bonchev–Trinajstić information content (AvgIpc) is 2.62. The number of fused-ring (bicyclic) bond motifs is 1. The third-order valence-electron chi connectivity index (χ3n) is 4.31. The predicted molar refractivity (Wildman–Crippen MR) is 100 cm³/mol. The first-order valence-electron chi connectivity index (χ1n) is 8.20. The van der Waals surface area contributed by atoms with E-state index in [2.05, 4.69) is 0 Å². The summed E-state index contributed by atoms with van der Waals surface area (Å²) in [7, 11) is 0. The molecule has 0 atom stereocenters. The second kappa shape index (κ2) is 7.23. The fraction of sp³-hybridized carbons (Fsp3) is 0.150. The summed E-state index contributed by atoms with van der Waals surface area (Å²) in [5.74, 6) is -1.20. The predicted octanol–water partition coefficient (Wildman–Crippen LogP) is 2.22. The molecule has 1 amide bonds. The number of nitrogens with two attached hydrogens (primary N) is 1. The zero-order valence-electron chi connectivity index (χ0n) is 14.1. The van der Waals surface area contributed by atoms with Crippen LogP contribution in [0, 0.1) is 5.41 Å². The summed E-state index contributed by atoms with van der Waals surface area (Å²) in [6, 6.07) is 12.9. The number of benzene rings is 2. The van der Waals surface area contributed by atoms with E-state index in [0.717, 1.165) is 16.7 Å². The molecular weight excluding hydrogens is 330 g/mol. The van der Waals surface area contributed by atoms with Gasteiger partial charge in [0.15, 0.2) is 0 Å². The van der Waals surface area contributed by atoms with Gasteiger partial charge in [-0.3, -0.25) is 15.0 Å². The number of hydrogen-bond donors (Lipinski definition) is 3. The third kappa shape index (κ3) is 3.80. The number of nitrogens with one attached hydrogen (secondary N) is 1. The van der Waals surface area contributed by atoms with Crippen LogP contribution in [0.4, 0.5) is 0 Å². The Morgan fingerprint density at radius 2 is 1.81 bits per heavy atom. The average molecular weight is 349 g/mol. The number of nitrogen functional groups attached to an aromatic ring is 1. The molecule has 26 heavy (non-hydrogen) atoms. The van der Waals surface area contributed by atoms with Gasteiger partial charge in [-0.25, -0.2) is 0 Å². The highest BCUT2D eigenvalue weighted by Gasteiger charge is 2.25. The molecule has 2 aromatic rings. The van der Waals surface area contributed by atoms with Gasteiger partial charge in [-0.1, -0.05) is 48.6 Å². The number of amides is 1. The standard InChI is InChI=1S/C20H19N3O3/c21-19(22)15-6-3-13(4-7-15)1-2-14-5-8-17-16(11-14)9-10-23(20(17)26)12-18(24)25/h1-8,11H,9-10,12H2,(H3,21,22)(H,24,25)/b2-1-. The fourth-order valence-electron chi connectivity index (χ4n) is 2.94. The number of aliphatic carboxylic acids is 1. The Labute approximate surface area is 151 Å². The Kier molecular flexibility index (Phi) is 4.84. The van der Waals surface area contributed by atoms with Crippen LogP contribution in [-0.2, 0) is 11.2 Å². The molecule has 6 heteroatoms. The molecule has 6 nitrogen and oxygen atoms in total. The van der Waals surface area contributed by atoms with E-state index in [9.17, 15) is 9.59 Å². The van der Waals surface area contributed by atoms with Crippen molar-refractivity contribution in [2.75, 3.05) is 13.1 Å². The summed E-state index contributed by atoms with van der Waals surface area (Å²) < 4.78 is 0. The molecule has 0 saturated heterocycles. The molecule has 1 aliphatic rings. The number of amidine groups is 1. The van der Waals surface area contributed by atoms with E-state index in [1.54, 1.807) is 18.2 Å². The minimum Gasteiger partial charge on any atom is -0.480 e. The summed E-state index contributed by atoms with van der Waals surface area (Å²) >= 11 is 0. The van der Waals surface area contributed by atoms with Crippen molar-refractivity contribution in [1.29, 1.82) is 5.41 Å². The summed E-state index contributed by atoms with van der Waals surface area (Å²) in [4.78, 5) is 24.5. The number of carboxylic acid groups (broad SMARTS) is 1. The largest absolute Gasteiger partial charge is 0.480 e. The molecule has 1 heterocycles. The lowest BCUT2D eigenvalue weighted by atomic mass is 9.96. The van der Waals surface area contributed by atoms with E-state index in [4.69, 9.17) is 16.2 Å². The highest BCUT2D eigenvalue weighted by Crippen LogP contribution is 2.21. The molecular formula is C20H19N3O3. The van der Waals surface area contributed by atoms with Crippen LogP contribution < -0.4 is 5.73 Å². The van der Waals surface area contributed by atoms with Crippen molar-refractivity contribution < 1.29 is 14.7 Å². The molecule has 2 aromatic carbocycles. The molecule has 132 valence electrons. The number of hydrogen-bond acceptors (Lipinski definition) is 3. The highest BCUT2D eigenvalue weighted by atomic mass is 16.4. The Morgan fingerprint density at radius 1 is 1.15 bits per heavy atom. The minimum atomic E-state index is -1.00. The van der Waals surface area contributed by atoms with E-state index in [1.165, 1.54) is 4.90 Å². The molecule has 0 unspecified atom stereocenters. The number of nitrogens with zero attached hydrogens (tertiary/aromatic N) is 1. The van der Waals surface area contributed by atoms with Gasteiger partial charge in [-0.2, -0.15) is 0 Å². The van der Waals surface area contributed by atoms with Crippen molar-refractivity contribution in [3.63, 3.8) is 0 Å². The Morgan fingerprint density at radius 3 is 2.46 bits per heavy atom. The summed E-state index contributed by atoms with van der Waals surface area (Å²) in [5, 5.41) is 16.3. The molecule has 4 N–H and O–H groups in total. The SMILES string of the molecule is N=C(N)c1ccc(/C=C\c2ccc3c(c2)CCN(CC(=O)O)C3=O)cc1. The minimum absolute atomic E-state index is 0.0387. The lowest BCUT2D eigenvalue weighted by Gasteiger charge is -2.27. The smallest absolute Gasteiger partial charge is 0.323 e. The van der Waals surface area contributed by atoms with Gasteiger partial charge in [0.05, 0.1) is 0 Å². The van der Waals surface area contributed by atoms with E-state index >= 15 is 0 Å². The zero-order valence-corrected chi connectivity index (χ0v) is 14.1. The summed E-state index contributed by atoms with van der Waals surface area (Å²) in [6.07, 6.45) is 4.55. The Balaban J connectivity index is 1.76. The monoisotopic (exact) mass is 349 g/mol. The Hall–Kier alpha value is -3.41. The van der Waals surface area contributed by atoms with Gasteiger partial charge < -0.3 is 15.7 Å². The maximum Gasteiger partial charge on any atom is 0.323 e. The van der Waals surface area contributed by atoms with Gasteiger partial charge in [0.1, 0.15) is 12.4 Å². The zero-order chi connectivity index (χ0) is 18.7. The molecule has 0 radical (unpaired) electrons. The maximum absolute atomic E-state index is 12.3. The molecule has 0 aliphatic carbocycles. The van der Waals surface area contributed by atoms with Crippen LogP contribution in [0.25, 0.3) is 12.2 Å². The number of carbonyl (C=O) groups excluding carboxylic acids is 1. The van der Waals surface area contributed by atoms with Crippen LogP contribution in [0.3, 0.4) is 0 Å². The molecule has 0 spiro atoms. The second-order valence-corrected chi connectivity index (χ2v) is 6.16. The Bertz CT molecular complexity index is 901. The normalized spacial score (nSPS) is 13.7. The van der Waals surface area contributed by atoms with Crippen LogP contribution >= 0.6 is 0 Å². The van der Waals surface area contributed by atoms with E-state index in [0.29, 0.717) is 24.1 Å². The topological polar surface area (TPSA) is 107 Å². The molecule has 0 fully saturated rings. The first-order valence-corrected chi connectivity index (χ1v) is 8.20. The first kappa shape index (κ1) is 17.4. The number of carbonyl (C=O) groups is 2. The number of carboxylic acids is 1.